The Labute approximate surface area is 137 Å². The van der Waals surface area contributed by atoms with Gasteiger partial charge < -0.3 is 4.90 Å². The standard InChI is InChI=1S/C13H10Br2ClNOS/c1-17(7-8-3-2-4-9(16)5-8)13(18)10-6-11(14)19-12(10)15/h2-6H,7H2,1H3. The van der Waals surface area contributed by atoms with E-state index in [0.29, 0.717) is 17.1 Å². The molecule has 0 unspecified atom stereocenters. The average Bonchev–Trinajstić information content (AvgIpc) is 2.67. The summed E-state index contributed by atoms with van der Waals surface area (Å²) in [6.07, 6.45) is 0. The zero-order valence-corrected chi connectivity index (χ0v) is 14.7. The lowest BCUT2D eigenvalue weighted by Crippen LogP contribution is -2.26. The van der Waals surface area contributed by atoms with Crippen molar-refractivity contribution in [2.24, 2.45) is 0 Å². The van der Waals surface area contributed by atoms with Gasteiger partial charge in [0.1, 0.15) is 0 Å². The van der Waals surface area contributed by atoms with Gasteiger partial charge in [0, 0.05) is 18.6 Å². The van der Waals surface area contributed by atoms with Gasteiger partial charge in [0.15, 0.2) is 0 Å². The van der Waals surface area contributed by atoms with E-state index in [2.05, 4.69) is 31.9 Å². The van der Waals surface area contributed by atoms with Gasteiger partial charge in [-0.15, -0.1) is 11.3 Å². The number of hydrogen-bond donors (Lipinski definition) is 0. The maximum Gasteiger partial charge on any atom is 0.255 e. The Hall–Kier alpha value is -0.360. The second kappa shape index (κ2) is 6.39. The number of thiophene rings is 1. The van der Waals surface area contributed by atoms with Crippen LogP contribution >= 0.6 is 54.8 Å². The summed E-state index contributed by atoms with van der Waals surface area (Å²) >= 11 is 14.2. The first-order chi connectivity index (χ1) is 8.97. The van der Waals surface area contributed by atoms with Crippen LogP contribution in [0.4, 0.5) is 0 Å². The number of rotatable bonds is 3. The molecule has 19 heavy (non-hydrogen) atoms. The normalized spacial score (nSPS) is 10.5. The van der Waals surface area contributed by atoms with Crippen LogP contribution in [0.15, 0.2) is 37.9 Å². The summed E-state index contributed by atoms with van der Waals surface area (Å²) in [4.78, 5) is 14.0. The summed E-state index contributed by atoms with van der Waals surface area (Å²) in [6, 6.07) is 9.34. The van der Waals surface area contributed by atoms with E-state index >= 15 is 0 Å². The predicted octanol–water partition coefficient (Wildman–Crippen LogP) is 5.20. The van der Waals surface area contributed by atoms with E-state index in [-0.39, 0.29) is 5.91 Å². The van der Waals surface area contributed by atoms with Crippen LogP contribution in [0.5, 0.6) is 0 Å². The summed E-state index contributed by atoms with van der Waals surface area (Å²) in [5.74, 6) is -0.0196. The van der Waals surface area contributed by atoms with Crippen molar-refractivity contribution in [1.82, 2.24) is 4.90 Å². The molecule has 0 fully saturated rings. The van der Waals surface area contributed by atoms with Crippen LogP contribution in [0, 0.1) is 0 Å². The Bertz CT molecular complexity index is 614. The summed E-state index contributed by atoms with van der Waals surface area (Å²) in [5, 5.41) is 0.679. The van der Waals surface area contributed by atoms with Crippen LogP contribution in [0.2, 0.25) is 5.02 Å². The minimum atomic E-state index is -0.0196. The minimum absolute atomic E-state index is 0.0196. The van der Waals surface area contributed by atoms with Gasteiger partial charge in [-0.1, -0.05) is 23.7 Å². The van der Waals surface area contributed by atoms with Gasteiger partial charge in [-0.3, -0.25) is 4.79 Å². The van der Waals surface area contributed by atoms with Crippen molar-refractivity contribution in [3.05, 3.63) is 54.1 Å². The summed E-state index contributed by atoms with van der Waals surface area (Å²) < 4.78 is 1.76. The highest BCUT2D eigenvalue weighted by Crippen LogP contribution is 2.32. The highest BCUT2D eigenvalue weighted by molar-refractivity contribution is 9.12. The van der Waals surface area contributed by atoms with Crippen LogP contribution in [0.1, 0.15) is 15.9 Å². The first-order valence-electron chi connectivity index (χ1n) is 5.42. The quantitative estimate of drug-likeness (QED) is 0.665. The Morgan fingerprint density at radius 1 is 1.37 bits per heavy atom. The zero-order chi connectivity index (χ0) is 14.0. The Morgan fingerprint density at radius 2 is 2.11 bits per heavy atom. The first kappa shape index (κ1) is 15.0. The molecule has 1 amide bonds. The molecule has 0 atom stereocenters. The third kappa shape index (κ3) is 3.81. The Morgan fingerprint density at radius 3 is 2.68 bits per heavy atom. The van der Waals surface area contributed by atoms with Crippen LogP contribution in [-0.2, 0) is 6.54 Å². The third-order valence-corrected chi connectivity index (χ3v) is 5.12. The maximum absolute atomic E-state index is 12.3. The van der Waals surface area contributed by atoms with Crippen molar-refractivity contribution < 1.29 is 4.79 Å². The molecule has 0 radical (unpaired) electrons. The topological polar surface area (TPSA) is 20.3 Å². The molecule has 2 rings (SSSR count). The molecule has 2 nitrogen and oxygen atoms in total. The molecule has 0 N–H and O–H groups in total. The SMILES string of the molecule is CN(Cc1cccc(Cl)c1)C(=O)c1cc(Br)sc1Br. The van der Waals surface area contributed by atoms with E-state index in [4.69, 9.17) is 11.6 Å². The second-order valence-electron chi connectivity index (χ2n) is 4.03. The second-order valence-corrected chi connectivity index (χ2v) is 8.21. The molecule has 0 aliphatic heterocycles. The summed E-state index contributed by atoms with van der Waals surface area (Å²) in [7, 11) is 1.78. The predicted molar refractivity (Wildman–Crippen MR) is 87.0 cm³/mol. The van der Waals surface area contributed by atoms with Gasteiger partial charge in [-0.25, -0.2) is 0 Å². The molecule has 0 aliphatic carbocycles. The number of carbonyl (C=O) groups excluding carboxylic acids is 1. The zero-order valence-electron chi connectivity index (χ0n) is 9.99. The molecular weight excluding hydrogens is 413 g/mol. The molecule has 0 saturated carbocycles. The minimum Gasteiger partial charge on any atom is -0.337 e. The molecule has 100 valence electrons. The van der Waals surface area contributed by atoms with Crippen molar-refractivity contribution in [2.75, 3.05) is 7.05 Å². The van der Waals surface area contributed by atoms with Crippen LogP contribution in [0.25, 0.3) is 0 Å². The number of hydrogen-bond acceptors (Lipinski definition) is 2. The highest BCUT2D eigenvalue weighted by atomic mass is 79.9. The van der Waals surface area contributed by atoms with Crippen molar-refractivity contribution in [3.8, 4) is 0 Å². The van der Waals surface area contributed by atoms with Crippen LogP contribution in [0.3, 0.4) is 0 Å². The van der Waals surface area contributed by atoms with Crippen molar-refractivity contribution >= 4 is 60.7 Å². The molecule has 1 heterocycles. The lowest BCUT2D eigenvalue weighted by molar-refractivity contribution is 0.0785. The molecular formula is C13H10Br2ClNOS. The monoisotopic (exact) mass is 421 g/mol. The smallest absolute Gasteiger partial charge is 0.255 e. The van der Waals surface area contributed by atoms with Crippen molar-refractivity contribution in [1.29, 1.82) is 0 Å². The van der Waals surface area contributed by atoms with Crippen LogP contribution in [-0.4, -0.2) is 17.9 Å². The van der Waals surface area contributed by atoms with Gasteiger partial charge in [0.2, 0.25) is 0 Å². The van der Waals surface area contributed by atoms with E-state index in [9.17, 15) is 4.79 Å². The molecule has 0 saturated heterocycles. The van der Waals surface area contributed by atoms with Crippen molar-refractivity contribution in [2.45, 2.75) is 6.54 Å². The van der Waals surface area contributed by atoms with E-state index < -0.39 is 0 Å². The van der Waals surface area contributed by atoms with Gasteiger partial charge >= 0.3 is 0 Å². The fourth-order valence-corrected chi connectivity index (χ4v) is 4.66. The fourth-order valence-electron chi connectivity index (χ4n) is 1.67. The number of nitrogens with zero attached hydrogens (tertiary/aromatic N) is 1. The molecule has 0 spiro atoms. The lowest BCUT2D eigenvalue weighted by atomic mass is 10.2. The van der Waals surface area contributed by atoms with Gasteiger partial charge in [0.25, 0.3) is 5.91 Å². The first-order valence-corrected chi connectivity index (χ1v) is 8.20. The van der Waals surface area contributed by atoms with E-state index in [0.717, 1.165) is 13.1 Å². The molecule has 2 aromatic rings. The molecule has 0 aliphatic rings. The molecule has 0 bridgehead atoms. The number of halogens is 3. The van der Waals surface area contributed by atoms with E-state index in [1.807, 2.05) is 30.3 Å². The Balaban J connectivity index is 2.14. The molecule has 6 heteroatoms. The fraction of sp³-hybridized carbons (Fsp3) is 0.154. The van der Waals surface area contributed by atoms with E-state index in [1.54, 1.807) is 11.9 Å². The summed E-state index contributed by atoms with van der Waals surface area (Å²) in [5.41, 5.74) is 1.68. The lowest BCUT2D eigenvalue weighted by Gasteiger charge is -2.17. The Kier molecular flexibility index (Phi) is 5.06. The maximum atomic E-state index is 12.3. The van der Waals surface area contributed by atoms with E-state index in [1.165, 1.54) is 11.3 Å². The largest absolute Gasteiger partial charge is 0.337 e. The molecule has 1 aromatic carbocycles. The number of amides is 1. The highest BCUT2D eigenvalue weighted by Gasteiger charge is 2.17. The molecule has 1 aromatic heterocycles. The summed E-state index contributed by atoms with van der Waals surface area (Å²) in [6.45, 7) is 0.527. The average molecular weight is 424 g/mol. The van der Waals surface area contributed by atoms with Gasteiger partial charge in [-0.2, -0.15) is 0 Å². The third-order valence-electron chi connectivity index (χ3n) is 2.54. The van der Waals surface area contributed by atoms with Gasteiger partial charge in [0.05, 0.1) is 13.1 Å². The van der Waals surface area contributed by atoms with Gasteiger partial charge in [-0.05, 0) is 55.6 Å². The van der Waals surface area contributed by atoms with Crippen molar-refractivity contribution in [3.63, 3.8) is 0 Å². The van der Waals surface area contributed by atoms with Crippen LogP contribution < -0.4 is 0 Å². The number of benzene rings is 1. The number of carbonyl (C=O) groups is 1.